The predicted octanol–water partition coefficient (Wildman–Crippen LogP) is 1.88. The summed E-state index contributed by atoms with van der Waals surface area (Å²) in [6.45, 7) is 7.32. The van der Waals surface area contributed by atoms with Crippen LogP contribution in [-0.2, 0) is 4.74 Å². The van der Waals surface area contributed by atoms with Gasteiger partial charge in [-0.2, -0.15) is 0 Å². The summed E-state index contributed by atoms with van der Waals surface area (Å²) >= 11 is 0. The zero-order valence-electron chi connectivity index (χ0n) is 11.5. The Labute approximate surface area is 106 Å². The zero-order valence-corrected chi connectivity index (χ0v) is 11.5. The Hall–Kier alpha value is -0.120. The van der Waals surface area contributed by atoms with E-state index < -0.39 is 0 Å². The highest BCUT2D eigenvalue weighted by Crippen LogP contribution is 2.29. The summed E-state index contributed by atoms with van der Waals surface area (Å²) in [7, 11) is 1.85. The van der Waals surface area contributed by atoms with Gasteiger partial charge in [0.1, 0.15) is 0 Å². The molecule has 0 radical (unpaired) electrons. The van der Waals surface area contributed by atoms with E-state index >= 15 is 0 Å². The molecule has 0 amide bonds. The molecule has 0 aromatic heterocycles. The van der Waals surface area contributed by atoms with Crippen LogP contribution in [0.3, 0.4) is 0 Å². The molecule has 2 rings (SSSR count). The summed E-state index contributed by atoms with van der Waals surface area (Å²) in [5.41, 5.74) is 0. The molecule has 1 aliphatic heterocycles. The van der Waals surface area contributed by atoms with Crippen LogP contribution < -0.4 is 5.32 Å². The van der Waals surface area contributed by atoms with Crippen molar-refractivity contribution >= 4 is 0 Å². The van der Waals surface area contributed by atoms with Gasteiger partial charge in [-0.25, -0.2) is 0 Å². The van der Waals surface area contributed by atoms with Gasteiger partial charge >= 0.3 is 0 Å². The third-order valence-electron chi connectivity index (χ3n) is 4.38. The van der Waals surface area contributed by atoms with Crippen molar-refractivity contribution in [3.05, 3.63) is 0 Å². The van der Waals surface area contributed by atoms with Gasteiger partial charge in [-0.3, -0.25) is 4.90 Å². The van der Waals surface area contributed by atoms with Crippen molar-refractivity contribution in [2.75, 3.05) is 33.3 Å². The number of ether oxygens (including phenoxy) is 1. The topological polar surface area (TPSA) is 24.5 Å². The van der Waals surface area contributed by atoms with Crippen LogP contribution in [0.5, 0.6) is 0 Å². The van der Waals surface area contributed by atoms with Crippen molar-refractivity contribution in [3.63, 3.8) is 0 Å². The van der Waals surface area contributed by atoms with Crippen molar-refractivity contribution in [3.8, 4) is 0 Å². The second-order valence-electron chi connectivity index (χ2n) is 5.67. The van der Waals surface area contributed by atoms with Gasteiger partial charge in [0, 0.05) is 19.7 Å². The molecule has 2 aliphatic rings. The lowest BCUT2D eigenvalue weighted by atomic mass is 9.86. The molecule has 1 heterocycles. The Morgan fingerprint density at radius 3 is 2.53 bits per heavy atom. The van der Waals surface area contributed by atoms with E-state index in [1.54, 1.807) is 0 Å². The van der Waals surface area contributed by atoms with Gasteiger partial charge < -0.3 is 10.1 Å². The molecule has 1 saturated carbocycles. The number of methoxy groups -OCH3 is 1. The van der Waals surface area contributed by atoms with Crippen LogP contribution in [0.15, 0.2) is 0 Å². The van der Waals surface area contributed by atoms with Crippen molar-refractivity contribution < 1.29 is 4.74 Å². The Balaban J connectivity index is 1.76. The van der Waals surface area contributed by atoms with Gasteiger partial charge in [0.2, 0.25) is 0 Å². The summed E-state index contributed by atoms with van der Waals surface area (Å²) in [6.07, 6.45) is 7.04. The van der Waals surface area contributed by atoms with Crippen LogP contribution in [0.25, 0.3) is 0 Å². The van der Waals surface area contributed by atoms with E-state index in [0.717, 1.165) is 12.0 Å². The molecule has 0 aromatic carbocycles. The van der Waals surface area contributed by atoms with E-state index in [1.807, 2.05) is 7.11 Å². The molecule has 1 N–H and O–H groups in total. The van der Waals surface area contributed by atoms with Gasteiger partial charge in [-0.15, -0.1) is 0 Å². The molecule has 1 aliphatic carbocycles. The molecule has 100 valence electrons. The van der Waals surface area contributed by atoms with Gasteiger partial charge in [0.15, 0.2) is 0 Å². The fourth-order valence-corrected chi connectivity index (χ4v) is 3.13. The summed E-state index contributed by atoms with van der Waals surface area (Å²) < 4.78 is 5.40. The molecule has 1 saturated heterocycles. The monoisotopic (exact) mass is 240 g/mol. The van der Waals surface area contributed by atoms with Gasteiger partial charge in [0.05, 0.1) is 6.10 Å². The zero-order chi connectivity index (χ0) is 12.1. The lowest BCUT2D eigenvalue weighted by Gasteiger charge is -2.44. The molecule has 0 unspecified atom stereocenters. The maximum absolute atomic E-state index is 5.40. The third kappa shape index (κ3) is 3.67. The van der Waals surface area contributed by atoms with Crippen LogP contribution in [0.4, 0.5) is 0 Å². The number of nitrogens with one attached hydrogen (secondary N) is 1. The van der Waals surface area contributed by atoms with Crippen LogP contribution in [0, 0.1) is 5.92 Å². The molecule has 0 atom stereocenters. The van der Waals surface area contributed by atoms with Crippen LogP contribution in [0.1, 0.15) is 39.0 Å². The smallest absolute Gasteiger partial charge is 0.0601 e. The van der Waals surface area contributed by atoms with Crippen LogP contribution >= 0.6 is 0 Å². The number of rotatable bonds is 6. The molecule has 3 heteroatoms. The number of hydrogen-bond acceptors (Lipinski definition) is 3. The standard InChI is InChI=1S/C14H28N2O/c1-3-8-16(13-9-14(10-13)17-2)11-12-4-6-15-7-5-12/h12-15H,3-11H2,1-2H3. The number of hydrogen-bond donors (Lipinski definition) is 1. The molecular formula is C14H28N2O. The largest absolute Gasteiger partial charge is 0.381 e. The second-order valence-corrected chi connectivity index (χ2v) is 5.67. The Bertz CT molecular complexity index is 210. The summed E-state index contributed by atoms with van der Waals surface area (Å²) in [4.78, 5) is 2.73. The van der Waals surface area contributed by atoms with Gasteiger partial charge in [-0.05, 0) is 57.7 Å². The van der Waals surface area contributed by atoms with Gasteiger partial charge in [-0.1, -0.05) is 6.92 Å². The first-order valence-corrected chi connectivity index (χ1v) is 7.31. The number of piperidine rings is 1. The average molecular weight is 240 g/mol. The number of nitrogens with zero attached hydrogens (tertiary/aromatic N) is 1. The molecule has 17 heavy (non-hydrogen) atoms. The fourth-order valence-electron chi connectivity index (χ4n) is 3.13. The van der Waals surface area contributed by atoms with Crippen molar-refractivity contribution in [2.24, 2.45) is 5.92 Å². The lowest BCUT2D eigenvalue weighted by Crippen LogP contribution is -2.50. The highest BCUT2D eigenvalue weighted by atomic mass is 16.5. The molecule has 2 fully saturated rings. The highest BCUT2D eigenvalue weighted by Gasteiger charge is 2.34. The molecular weight excluding hydrogens is 212 g/mol. The van der Waals surface area contributed by atoms with Crippen molar-refractivity contribution in [2.45, 2.75) is 51.2 Å². The van der Waals surface area contributed by atoms with Crippen LogP contribution in [0.2, 0.25) is 0 Å². The van der Waals surface area contributed by atoms with Gasteiger partial charge in [0.25, 0.3) is 0 Å². The molecule has 3 nitrogen and oxygen atoms in total. The maximum atomic E-state index is 5.40. The minimum atomic E-state index is 0.535. The first-order chi connectivity index (χ1) is 8.33. The lowest BCUT2D eigenvalue weighted by molar-refractivity contribution is -0.0324. The Kier molecular flexibility index (Phi) is 5.26. The fraction of sp³-hybridized carbons (Fsp3) is 1.00. The first-order valence-electron chi connectivity index (χ1n) is 7.31. The summed E-state index contributed by atoms with van der Waals surface area (Å²) in [5.74, 6) is 0.921. The maximum Gasteiger partial charge on any atom is 0.0601 e. The predicted molar refractivity (Wildman–Crippen MR) is 71.3 cm³/mol. The minimum absolute atomic E-state index is 0.535. The van der Waals surface area contributed by atoms with E-state index in [0.29, 0.717) is 6.10 Å². The first kappa shape index (κ1) is 13.3. The SMILES string of the molecule is CCCN(CC1CCNCC1)C1CC(OC)C1. The second kappa shape index (κ2) is 6.72. The van der Waals surface area contributed by atoms with E-state index in [-0.39, 0.29) is 0 Å². The Morgan fingerprint density at radius 1 is 1.24 bits per heavy atom. The average Bonchev–Trinajstić information content (AvgIpc) is 2.29. The van der Waals surface area contributed by atoms with Crippen molar-refractivity contribution in [1.82, 2.24) is 10.2 Å². The van der Waals surface area contributed by atoms with E-state index in [4.69, 9.17) is 4.74 Å². The van der Waals surface area contributed by atoms with E-state index in [9.17, 15) is 0 Å². The summed E-state index contributed by atoms with van der Waals surface area (Å²) in [5, 5.41) is 3.45. The Morgan fingerprint density at radius 2 is 1.94 bits per heavy atom. The highest BCUT2D eigenvalue weighted by molar-refractivity contribution is 4.89. The third-order valence-corrected chi connectivity index (χ3v) is 4.38. The van der Waals surface area contributed by atoms with Crippen molar-refractivity contribution in [1.29, 1.82) is 0 Å². The normalized spacial score (nSPS) is 30.5. The molecule has 0 spiro atoms. The quantitative estimate of drug-likeness (QED) is 0.767. The molecule has 0 bridgehead atoms. The minimum Gasteiger partial charge on any atom is -0.381 e. The van der Waals surface area contributed by atoms with E-state index in [1.165, 1.54) is 58.3 Å². The molecule has 0 aromatic rings. The summed E-state index contributed by atoms with van der Waals surface area (Å²) in [6, 6.07) is 0.801. The van der Waals surface area contributed by atoms with E-state index in [2.05, 4.69) is 17.1 Å². The van der Waals surface area contributed by atoms with Crippen LogP contribution in [-0.4, -0.2) is 50.3 Å².